The fourth-order valence-electron chi connectivity index (χ4n) is 3.20. The lowest BCUT2D eigenvalue weighted by molar-refractivity contribution is -0.119. The summed E-state index contributed by atoms with van der Waals surface area (Å²) in [5, 5.41) is 10.0. The first-order valence-corrected chi connectivity index (χ1v) is 9.99. The van der Waals surface area contributed by atoms with Crippen LogP contribution in [0.5, 0.6) is 0 Å². The van der Waals surface area contributed by atoms with Crippen molar-refractivity contribution in [2.45, 2.75) is 32.6 Å². The lowest BCUT2D eigenvalue weighted by atomic mass is 10.1. The van der Waals surface area contributed by atoms with Crippen molar-refractivity contribution in [3.05, 3.63) is 42.1 Å². The van der Waals surface area contributed by atoms with Crippen LogP contribution >= 0.6 is 0 Å². The number of halogens is 2. The summed E-state index contributed by atoms with van der Waals surface area (Å²) in [6.07, 6.45) is 4.45. The molecule has 3 aromatic rings. The van der Waals surface area contributed by atoms with Crippen LogP contribution in [0.4, 0.5) is 26.1 Å². The summed E-state index contributed by atoms with van der Waals surface area (Å²) in [6.45, 7) is 3.63. The second kappa shape index (κ2) is 8.06. The topological polar surface area (TPSA) is 115 Å². The number of amides is 1. The summed E-state index contributed by atoms with van der Waals surface area (Å²) in [5.41, 5.74) is 2.92. The predicted molar refractivity (Wildman–Crippen MR) is 113 cm³/mol. The fraction of sp³-hybridized carbons (Fsp3) is 0.333. The van der Waals surface area contributed by atoms with Crippen molar-refractivity contribution in [1.82, 2.24) is 24.7 Å². The number of nitrogens with one attached hydrogen (secondary N) is 2. The third-order valence-corrected chi connectivity index (χ3v) is 5.14. The second-order valence-electron chi connectivity index (χ2n) is 7.65. The third-order valence-electron chi connectivity index (χ3n) is 5.14. The van der Waals surface area contributed by atoms with Crippen LogP contribution in [0.15, 0.2) is 30.9 Å². The average molecular weight is 441 g/mol. The standard InChI is InChI=1S/C21H21F2N7O2/c1-4-17(31)15-5-11(2)16(8-24-15)27-19-12(9-30(3)29-19)14-6-18(26-10-25-14)28-20(32)13-7-21(13,22)23/h5-6,8-10,13H,4,7H2,1-3H3,(H,27,29)(H,25,26,28,32)/t13-/m1/s1. The van der Waals surface area contributed by atoms with E-state index in [1.54, 1.807) is 37.1 Å². The van der Waals surface area contributed by atoms with Gasteiger partial charge in [-0.3, -0.25) is 19.3 Å². The number of aryl methyl sites for hydroxylation is 2. The molecule has 11 heteroatoms. The molecule has 2 N–H and O–H groups in total. The van der Waals surface area contributed by atoms with Gasteiger partial charge in [-0.25, -0.2) is 18.7 Å². The highest BCUT2D eigenvalue weighted by molar-refractivity contribution is 5.95. The Hall–Kier alpha value is -3.76. The molecular formula is C21H21F2N7O2. The van der Waals surface area contributed by atoms with Gasteiger partial charge in [0.15, 0.2) is 11.6 Å². The van der Waals surface area contributed by atoms with E-state index in [1.165, 1.54) is 12.4 Å². The first kappa shape index (κ1) is 21.5. The number of hydrogen-bond acceptors (Lipinski definition) is 7. The van der Waals surface area contributed by atoms with Gasteiger partial charge in [-0.05, 0) is 18.6 Å². The lowest BCUT2D eigenvalue weighted by Crippen LogP contribution is -2.18. The molecule has 0 bridgehead atoms. The Kier molecular flexibility index (Phi) is 5.41. The van der Waals surface area contributed by atoms with Crippen molar-refractivity contribution in [2.24, 2.45) is 13.0 Å². The number of ketones is 1. The highest BCUT2D eigenvalue weighted by atomic mass is 19.3. The molecule has 1 fully saturated rings. The molecule has 0 aliphatic heterocycles. The number of pyridine rings is 1. The number of hydrogen-bond donors (Lipinski definition) is 2. The highest BCUT2D eigenvalue weighted by Crippen LogP contribution is 2.49. The van der Waals surface area contributed by atoms with E-state index in [0.29, 0.717) is 34.9 Å². The zero-order valence-electron chi connectivity index (χ0n) is 17.7. The molecule has 0 spiro atoms. The Labute approximate surface area is 182 Å². The van der Waals surface area contributed by atoms with Crippen LogP contribution in [-0.2, 0) is 11.8 Å². The van der Waals surface area contributed by atoms with E-state index in [0.717, 1.165) is 5.56 Å². The monoisotopic (exact) mass is 441 g/mol. The van der Waals surface area contributed by atoms with Crippen LogP contribution in [0.1, 0.15) is 35.8 Å². The predicted octanol–water partition coefficient (Wildman–Crippen LogP) is 3.51. The number of nitrogens with zero attached hydrogens (tertiary/aromatic N) is 5. The van der Waals surface area contributed by atoms with E-state index in [2.05, 4.69) is 30.7 Å². The summed E-state index contributed by atoms with van der Waals surface area (Å²) in [4.78, 5) is 36.3. The summed E-state index contributed by atoms with van der Waals surface area (Å²) in [7, 11) is 1.74. The van der Waals surface area contributed by atoms with Gasteiger partial charge in [0.1, 0.15) is 23.8 Å². The molecule has 3 aromatic heterocycles. The fourth-order valence-corrected chi connectivity index (χ4v) is 3.20. The normalized spacial score (nSPS) is 16.5. The maximum absolute atomic E-state index is 13.1. The van der Waals surface area contributed by atoms with Gasteiger partial charge >= 0.3 is 0 Å². The number of aromatic nitrogens is 5. The van der Waals surface area contributed by atoms with Gasteiger partial charge < -0.3 is 10.6 Å². The average Bonchev–Trinajstić information content (AvgIpc) is 3.24. The van der Waals surface area contributed by atoms with Crippen molar-refractivity contribution in [3.8, 4) is 11.3 Å². The van der Waals surface area contributed by atoms with Gasteiger partial charge in [0, 0.05) is 32.2 Å². The van der Waals surface area contributed by atoms with Crippen LogP contribution in [0.2, 0.25) is 0 Å². The maximum Gasteiger partial charge on any atom is 0.260 e. The Bertz CT molecular complexity index is 1210. The number of alkyl halides is 2. The number of carbonyl (C=O) groups excluding carboxylic acids is 2. The van der Waals surface area contributed by atoms with Gasteiger partial charge in [-0.1, -0.05) is 6.92 Å². The minimum Gasteiger partial charge on any atom is -0.337 e. The van der Waals surface area contributed by atoms with Gasteiger partial charge in [0.05, 0.1) is 23.1 Å². The van der Waals surface area contributed by atoms with Crippen molar-refractivity contribution < 1.29 is 18.4 Å². The third kappa shape index (κ3) is 4.32. The van der Waals surface area contributed by atoms with Crippen molar-refractivity contribution >= 4 is 29.0 Å². The largest absolute Gasteiger partial charge is 0.337 e. The molecule has 0 aromatic carbocycles. The van der Waals surface area contributed by atoms with Crippen molar-refractivity contribution in [2.75, 3.05) is 10.6 Å². The van der Waals surface area contributed by atoms with Crippen LogP contribution in [-0.4, -0.2) is 42.3 Å². The molecule has 4 rings (SSSR count). The van der Waals surface area contributed by atoms with Crippen LogP contribution in [0, 0.1) is 12.8 Å². The maximum atomic E-state index is 13.1. The minimum atomic E-state index is -2.95. The first-order chi connectivity index (χ1) is 15.2. The summed E-state index contributed by atoms with van der Waals surface area (Å²) in [6, 6.07) is 3.21. The van der Waals surface area contributed by atoms with E-state index in [9.17, 15) is 18.4 Å². The van der Waals surface area contributed by atoms with E-state index < -0.39 is 24.2 Å². The van der Waals surface area contributed by atoms with Gasteiger partial charge in [0.2, 0.25) is 5.91 Å². The molecule has 1 saturated carbocycles. The quantitative estimate of drug-likeness (QED) is 0.539. The molecule has 1 atom stereocenters. The van der Waals surface area contributed by atoms with E-state index in [-0.39, 0.29) is 11.6 Å². The highest BCUT2D eigenvalue weighted by Gasteiger charge is 2.61. The zero-order valence-corrected chi connectivity index (χ0v) is 17.7. The molecule has 0 unspecified atom stereocenters. The van der Waals surface area contributed by atoms with Crippen molar-refractivity contribution in [3.63, 3.8) is 0 Å². The summed E-state index contributed by atoms with van der Waals surface area (Å²) >= 11 is 0. The Morgan fingerprint density at radius 2 is 2.00 bits per heavy atom. The van der Waals surface area contributed by atoms with E-state index >= 15 is 0 Å². The SMILES string of the molecule is CCC(=O)c1cc(C)c(Nc2nn(C)cc2-c2cc(NC(=O)[C@H]3CC3(F)F)ncn2)cn1. The zero-order chi connectivity index (χ0) is 23.0. The van der Waals surface area contributed by atoms with Crippen LogP contribution in [0.3, 0.4) is 0 Å². The summed E-state index contributed by atoms with van der Waals surface area (Å²) in [5.74, 6) is -4.50. The molecular weight excluding hydrogens is 420 g/mol. The smallest absolute Gasteiger partial charge is 0.260 e. The number of rotatable bonds is 7. The summed E-state index contributed by atoms with van der Waals surface area (Å²) < 4.78 is 27.9. The lowest BCUT2D eigenvalue weighted by Gasteiger charge is -2.10. The Morgan fingerprint density at radius 3 is 2.66 bits per heavy atom. The van der Waals surface area contributed by atoms with Gasteiger partial charge in [0.25, 0.3) is 5.92 Å². The molecule has 0 saturated heterocycles. The van der Waals surface area contributed by atoms with E-state index in [4.69, 9.17) is 0 Å². The number of Topliss-reactive ketones (excluding diaryl/α,β-unsaturated/α-hetero) is 1. The molecule has 32 heavy (non-hydrogen) atoms. The molecule has 3 heterocycles. The minimum absolute atomic E-state index is 0.0438. The van der Waals surface area contributed by atoms with Gasteiger partial charge in [-0.15, -0.1) is 0 Å². The van der Waals surface area contributed by atoms with Crippen LogP contribution < -0.4 is 10.6 Å². The molecule has 9 nitrogen and oxygen atoms in total. The number of anilines is 3. The van der Waals surface area contributed by atoms with Crippen LogP contribution in [0.25, 0.3) is 11.3 Å². The molecule has 1 aliphatic rings. The first-order valence-electron chi connectivity index (χ1n) is 9.99. The van der Waals surface area contributed by atoms with E-state index in [1.807, 2.05) is 6.92 Å². The second-order valence-corrected chi connectivity index (χ2v) is 7.65. The Morgan fingerprint density at radius 1 is 1.25 bits per heavy atom. The molecule has 1 aliphatic carbocycles. The van der Waals surface area contributed by atoms with Gasteiger partial charge in [-0.2, -0.15) is 5.10 Å². The molecule has 1 amide bonds. The molecule has 166 valence electrons. The number of carbonyl (C=O) groups is 2. The molecule has 0 radical (unpaired) electrons. The van der Waals surface area contributed by atoms with Crippen molar-refractivity contribution in [1.29, 1.82) is 0 Å². The Balaban J connectivity index is 1.58.